The molecule has 0 aromatic heterocycles. The minimum absolute atomic E-state index is 0.0144. The fourth-order valence-electron chi connectivity index (χ4n) is 2.63. The van der Waals surface area contributed by atoms with Gasteiger partial charge in [0.2, 0.25) is 5.03 Å². The van der Waals surface area contributed by atoms with Gasteiger partial charge < -0.3 is 0 Å². The maximum atomic E-state index is 13.8. The van der Waals surface area contributed by atoms with Gasteiger partial charge in [-0.05, 0) is 25.3 Å². The van der Waals surface area contributed by atoms with E-state index in [1.54, 1.807) is 19.5 Å². The Morgan fingerprint density at radius 2 is 1.88 bits per heavy atom. The molecular weight excluding hydrogens is 370 g/mol. The second-order valence-electron chi connectivity index (χ2n) is 5.64. The first-order chi connectivity index (χ1) is 11.7. The normalized spacial score (nSPS) is 22.6. The molecule has 0 bridgehead atoms. The number of rotatable bonds is 4. The fraction of sp³-hybridized carbons (Fsp3) is 0.200. The van der Waals surface area contributed by atoms with Crippen LogP contribution in [0.25, 0.3) is 0 Å². The minimum atomic E-state index is -4.31. The largest absolute Gasteiger partial charge is 0.340 e. The average Bonchev–Trinajstić information content (AvgIpc) is 2.83. The summed E-state index contributed by atoms with van der Waals surface area (Å²) in [7, 11) is -2.56. The van der Waals surface area contributed by atoms with Crippen molar-refractivity contribution < 1.29 is 21.7 Å². The highest BCUT2D eigenvalue weighted by atomic mass is 32.2. The summed E-state index contributed by atoms with van der Waals surface area (Å²) in [6.45, 7) is 1.83. The SMILES string of the molecule is CSC1=C(S(=O)(=O)Nc2c(F)cccc2F)N=C2N=CC(C)=C[N+]21C. The standard InChI is InChI=1S/C15H15F2N4O2S2/c1-9-7-18-15-19-13(14(24-3)21(15,2)8-9)25(22,23)20-12-10(16)5-4-6-11(12)17/h4-8,20H,1-3H3/q+1. The molecule has 0 spiro atoms. The van der Waals surface area contributed by atoms with Crippen LogP contribution in [-0.4, -0.2) is 38.4 Å². The number of para-hydroxylation sites is 1. The van der Waals surface area contributed by atoms with Crippen molar-refractivity contribution in [2.45, 2.75) is 6.92 Å². The highest BCUT2D eigenvalue weighted by Gasteiger charge is 2.47. The number of aliphatic imine (C=N–C) groups is 2. The number of nitrogens with one attached hydrogen (secondary N) is 1. The Morgan fingerprint density at radius 3 is 2.48 bits per heavy atom. The molecule has 1 atom stereocenters. The van der Waals surface area contributed by atoms with Gasteiger partial charge in [-0.25, -0.2) is 8.78 Å². The van der Waals surface area contributed by atoms with Crippen molar-refractivity contribution in [3.63, 3.8) is 0 Å². The third-order valence-corrected chi connectivity index (χ3v) is 6.07. The number of allylic oxidation sites excluding steroid dienone is 1. The smallest absolute Gasteiger partial charge is 0.272 e. The minimum Gasteiger partial charge on any atom is -0.272 e. The van der Waals surface area contributed by atoms with Crippen LogP contribution in [0.1, 0.15) is 6.92 Å². The van der Waals surface area contributed by atoms with Crippen LogP contribution >= 0.6 is 11.8 Å². The summed E-state index contributed by atoms with van der Waals surface area (Å²) in [5.41, 5.74) is 0.109. The number of hydrogen-bond donors (Lipinski definition) is 1. The zero-order valence-corrected chi connectivity index (χ0v) is 15.3. The van der Waals surface area contributed by atoms with Crippen LogP contribution in [0, 0.1) is 11.6 Å². The summed E-state index contributed by atoms with van der Waals surface area (Å²) in [4.78, 5) is 8.29. The number of guanidine groups is 1. The molecule has 0 saturated heterocycles. The van der Waals surface area contributed by atoms with Gasteiger partial charge in [-0.2, -0.15) is 22.9 Å². The third-order valence-electron chi connectivity index (χ3n) is 3.71. The van der Waals surface area contributed by atoms with E-state index in [1.807, 2.05) is 17.8 Å². The summed E-state index contributed by atoms with van der Waals surface area (Å²) >= 11 is 1.19. The van der Waals surface area contributed by atoms with Crippen molar-refractivity contribution in [2.75, 3.05) is 18.0 Å². The number of sulfonamides is 1. The van der Waals surface area contributed by atoms with Crippen molar-refractivity contribution in [2.24, 2.45) is 9.98 Å². The van der Waals surface area contributed by atoms with E-state index in [0.717, 1.165) is 23.8 Å². The predicted molar refractivity (Wildman–Crippen MR) is 95.3 cm³/mol. The van der Waals surface area contributed by atoms with Crippen LogP contribution < -0.4 is 4.72 Å². The molecule has 1 aromatic rings. The van der Waals surface area contributed by atoms with Crippen molar-refractivity contribution in [3.8, 4) is 0 Å². The lowest BCUT2D eigenvalue weighted by Gasteiger charge is -2.27. The molecule has 10 heteroatoms. The monoisotopic (exact) mass is 385 g/mol. The molecule has 0 aliphatic carbocycles. The molecule has 0 amide bonds. The van der Waals surface area contributed by atoms with Gasteiger partial charge in [-0.3, -0.25) is 4.72 Å². The Morgan fingerprint density at radius 1 is 1.24 bits per heavy atom. The molecule has 2 heterocycles. The Hall–Kier alpha value is -2.04. The first-order valence-electron chi connectivity index (χ1n) is 7.13. The van der Waals surface area contributed by atoms with Crippen LogP contribution in [-0.2, 0) is 10.0 Å². The maximum absolute atomic E-state index is 13.8. The zero-order chi connectivity index (χ0) is 18.4. The second kappa shape index (κ2) is 6.04. The van der Waals surface area contributed by atoms with E-state index < -0.39 is 27.3 Å². The van der Waals surface area contributed by atoms with Crippen LogP contribution in [0.3, 0.4) is 0 Å². The van der Waals surface area contributed by atoms with E-state index in [-0.39, 0.29) is 15.5 Å². The van der Waals surface area contributed by atoms with Gasteiger partial charge >= 0.3 is 5.96 Å². The third kappa shape index (κ3) is 2.90. The highest BCUT2D eigenvalue weighted by molar-refractivity contribution is 8.04. The summed E-state index contributed by atoms with van der Waals surface area (Å²) in [5, 5.41) is 0.0821. The predicted octanol–water partition coefficient (Wildman–Crippen LogP) is 3.00. The van der Waals surface area contributed by atoms with Crippen LogP contribution in [0.2, 0.25) is 0 Å². The quantitative estimate of drug-likeness (QED) is 0.810. The van der Waals surface area contributed by atoms with Gasteiger partial charge in [0, 0.05) is 11.8 Å². The van der Waals surface area contributed by atoms with Gasteiger partial charge in [0.05, 0.1) is 7.05 Å². The number of anilines is 1. The zero-order valence-electron chi connectivity index (χ0n) is 13.6. The molecule has 0 radical (unpaired) electrons. The van der Waals surface area contributed by atoms with E-state index >= 15 is 0 Å². The number of nitrogens with zero attached hydrogens (tertiary/aromatic N) is 3. The summed E-state index contributed by atoms with van der Waals surface area (Å²) < 4.78 is 55.0. The Kier molecular flexibility index (Phi) is 4.30. The first kappa shape index (κ1) is 17.8. The molecular formula is C15H15F2N4O2S2+. The topological polar surface area (TPSA) is 70.9 Å². The number of thioether (sulfide) groups is 1. The summed E-state index contributed by atoms with van der Waals surface area (Å²) in [6, 6.07) is 3.09. The average molecular weight is 385 g/mol. The molecule has 2 aliphatic heterocycles. The molecule has 1 unspecified atom stereocenters. The van der Waals surface area contributed by atoms with Gasteiger partial charge in [0.15, 0.2) is 0 Å². The van der Waals surface area contributed by atoms with Crippen LogP contribution in [0.5, 0.6) is 0 Å². The van der Waals surface area contributed by atoms with Gasteiger partial charge in [0.25, 0.3) is 15.1 Å². The molecule has 132 valence electrons. The molecule has 3 rings (SSSR count). The molecule has 0 saturated carbocycles. The van der Waals surface area contributed by atoms with Crippen molar-refractivity contribution in [1.29, 1.82) is 0 Å². The Bertz CT molecular complexity index is 963. The first-order valence-corrected chi connectivity index (χ1v) is 9.84. The van der Waals surface area contributed by atoms with E-state index in [9.17, 15) is 17.2 Å². The molecule has 6 nitrogen and oxygen atoms in total. The number of hydrogen-bond acceptors (Lipinski definition) is 5. The molecule has 25 heavy (non-hydrogen) atoms. The lowest BCUT2D eigenvalue weighted by Crippen LogP contribution is -2.41. The molecule has 2 aliphatic rings. The van der Waals surface area contributed by atoms with Crippen LogP contribution in [0.4, 0.5) is 14.5 Å². The van der Waals surface area contributed by atoms with Crippen molar-refractivity contribution >= 4 is 39.6 Å². The number of halogens is 2. The van der Waals surface area contributed by atoms with Crippen LogP contribution in [0.15, 0.2) is 50.0 Å². The Balaban J connectivity index is 2.11. The maximum Gasteiger partial charge on any atom is 0.340 e. The van der Waals surface area contributed by atoms with E-state index in [4.69, 9.17) is 0 Å². The van der Waals surface area contributed by atoms with Gasteiger partial charge in [0.1, 0.15) is 23.5 Å². The Labute approximate surface area is 148 Å². The van der Waals surface area contributed by atoms with E-state index in [0.29, 0.717) is 5.03 Å². The molecule has 0 fully saturated rings. The van der Waals surface area contributed by atoms with E-state index in [1.165, 1.54) is 11.8 Å². The molecule has 1 aromatic carbocycles. The number of quaternary nitrogens is 1. The summed E-state index contributed by atoms with van der Waals surface area (Å²) in [5.74, 6) is -1.75. The summed E-state index contributed by atoms with van der Waals surface area (Å²) in [6.07, 6.45) is 5.10. The van der Waals surface area contributed by atoms with E-state index in [2.05, 4.69) is 9.98 Å². The van der Waals surface area contributed by atoms with Crippen molar-refractivity contribution in [3.05, 3.63) is 51.7 Å². The number of fused-ring (bicyclic) bond motifs is 1. The van der Waals surface area contributed by atoms with Gasteiger partial charge in [-0.15, -0.1) is 0 Å². The number of benzene rings is 1. The lowest BCUT2D eigenvalue weighted by atomic mass is 10.3. The van der Waals surface area contributed by atoms with Gasteiger partial charge in [-0.1, -0.05) is 17.8 Å². The van der Waals surface area contributed by atoms with Crippen molar-refractivity contribution in [1.82, 2.24) is 0 Å². The highest BCUT2D eigenvalue weighted by Crippen LogP contribution is 2.40. The second-order valence-corrected chi connectivity index (χ2v) is 8.03. The fourth-order valence-corrected chi connectivity index (χ4v) is 5.12. The lowest BCUT2D eigenvalue weighted by molar-refractivity contribution is -0.712. The molecule has 1 N–H and O–H groups in total.